The normalized spacial score (nSPS) is 14.3. The zero-order chi connectivity index (χ0) is 22.5. The maximum absolute atomic E-state index is 12.6. The molecule has 0 aliphatic carbocycles. The van der Waals surface area contributed by atoms with Gasteiger partial charge in [-0.05, 0) is 30.3 Å². The summed E-state index contributed by atoms with van der Waals surface area (Å²) >= 11 is 6.15. The smallest absolute Gasteiger partial charge is 0.238 e. The number of anilines is 2. The zero-order valence-electron chi connectivity index (χ0n) is 18.1. The first kappa shape index (κ1) is 22.0. The molecule has 3 aromatic rings. The lowest BCUT2D eigenvalue weighted by Crippen LogP contribution is -2.49. The zero-order valence-corrected chi connectivity index (χ0v) is 18.9. The number of rotatable bonds is 7. The number of imidazole rings is 1. The maximum Gasteiger partial charge on any atom is 0.238 e. The summed E-state index contributed by atoms with van der Waals surface area (Å²) in [5.74, 6) is 2.03. The summed E-state index contributed by atoms with van der Waals surface area (Å²) in [7, 11) is 3.16. The van der Waals surface area contributed by atoms with Gasteiger partial charge in [0.2, 0.25) is 11.9 Å². The van der Waals surface area contributed by atoms with Crippen molar-refractivity contribution in [2.45, 2.75) is 0 Å². The monoisotopic (exact) mass is 455 g/mol. The first-order chi connectivity index (χ1) is 15.6. The van der Waals surface area contributed by atoms with Crippen LogP contribution in [0.2, 0.25) is 5.02 Å². The van der Waals surface area contributed by atoms with E-state index in [1.165, 1.54) is 0 Å². The largest absolute Gasteiger partial charge is 0.497 e. The number of ether oxygens (including phenoxy) is 2. The van der Waals surface area contributed by atoms with Crippen LogP contribution in [0.1, 0.15) is 0 Å². The highest BCUT2D eigenvalue weighted by Crippen LogP contribution is 2.29. The molecule has 1 N–H and O–H groups in total. The number of carbonyl (C=O) groups is 1. The van der Waals surface area contributed by atoms with Gasteiger partial charge in [0.05, 0.1) is 26.5 Å². The Bertz CT molecular complexity index is 1080. The summed E-state index contributed by atoms with van der Waals surface area (Å²) in [4.78, 5) is 21.5. The Hall–Kier alpha value is -3.23. The molecule has 2 heterocycles. The molecule has 2 aromatic carbocycles. The third kappa shape index (κ3) is 4.98. The molecule has 0 saturated carbocycles. The van der Waals surface area contributed by atoms with Gasteiger partial charge in [0.25, 0.3) is 0 Å². The van der Waals surface area contributed by atoms with Crippen LogP contribution in [0.3, 0.4) is 0 Å². The van der Waals surface area contributed by atoms with Crippen molar-refractivity contribution in [2.24, 2.45) is 0 Å². The summed E-state index contributed by atoms with van der Waals surface area (Å²) in [6.07, 6.45) is 3.72. The fraction of sp³-hybridized carbons (Fsp3) is 0.304. The Morgan fingerprint density at radius 2 is 1.91 bits per heavy atom. The molecule has 4 rings (SSSR count). The van der Waals surface area contributed by atoms with Gasteiger partial charge in [0.15, 0.2) is 0 Å². The molecule has 1 aromatic heterocycles. The van der Waals surface area contributed by atoms with Gasteiger partial charge in [-0.1, -0.05) is 17.7 Å². The summed E-state index contributed by atoms with van der Waals surface area (Å²) in [6.45, 7) is 3.35. The number of halogens is 1. The molecule has 0 spiro atoms. The number of aromatic nitrogens is 2. The SMILES string of the molecule is COc1ccc(OC)c(NC(=O)CN2CCN(c3nccn3-c3cccc(Cl)c3)CC2)c1. The van der Waals surface area contributed by atoms with E-state index >= 15 is 0 Å². The second-order valence-corrected chi connectivity index (χ2v) is 7.89. The Morgan fingerprint density at radius 1 is 1.09 bits per heavy atom. The quantitative estimate of drug-likeness (QED) is 0.589. The van der Waals surface area contributed by atoms with E-state index in [2.05, 4.69) is 20.1 Å². The van der Waals surface area contributed by atoms with Crippen LogP contribution in [0.4, 0.5) is 11.6 Å². The van der Waals surface area contributed by atoms with Crippen LogP contribution < -0.4 is 19.7 Å². The Balaban J connectivity index is 1.35. The number of benzene rings is 2. The van der Waals surface area contributed by atoms with Crippen molar-refractivity contribution in [1.82, 2.24) is 14.5 Å². The number of methoxy groups -OCH3 is 2. The summed E-state index contributed by atoms with van der Waals surface area (Å²) in [6, 6.07) is 13.0. The van der Waals surface area contributed by atoms with Crippen molar-refractivity contribution in [3.8, 4) is 17.2 Å². The highest BCUT2D eigenvalue weighted by molar-refractivity contribution is 6.30. The van der Waals surface area contributed by atoms with Crippen LogP contribution in [-0.2, 0) is 4.79 Å². The van der Waals surface area contributed by atoms with Crippen molar-refractivity contribution in [2.75, 3.05) is 57.2 Å². The number of amides is 1. The number of piperazine rings is 1. The highest BCUT2D eigenvalue weighted by atomic mass is 35.5. The summed E-state index contributed by atoms with van der Waals surface area (Å²) < 4.78 is 12.6. The van der Waals surface area contributed by atoms with Crippen molar-refractivity contribution in [3.63, 3.8) is 0 Å². The molecule has 0 bridgehead atoms. The fourth-order valence-corrected chi connectivity index (χ4v) is 3.95. The minimum Gasteiger partial charge on any atom is -0.497 e. The van der Waals surface area contributed by atoms with E-state index in [9.17, 15) is 4.79 Å². The van der Waals surface area contributed by atoms with Gasteiger partial charge < -0.3 is 19.7 Å². The number of nitrogens with zero attached hydrogens (tertiary/aromatic N) is 4. The molecule has 0 atom stereocenters. The van der Waals surface area contributed by atoms with Crippen molar-refractivity contribution < 1.29 is 14.3 Å². The molecule has 8 nitrogen and oxygen atoms in total. The number of hydrogen-bond donors (Lipinski definition) is 1. The van der Waals surface area contributed by atoms with E-state index < -0.39 is 0 Å². The second-order valence-electron chi connectivity index (χ2n) is 7.45. The van der Waals surface area contributed by atoms with E-state index in [4.69, 9.17) is 21.1 Å². The molecule has 168 valence electrons. The Kier molecular flexibility index (Phi) is 6.82. The van der Waals surface area contributed by atoms with Gasteiger partial charge in [-0.2, -0.15) is 0 Å². The molecule has 9 heteroatoms. The first-order valence-corrected chi connectivity index (χ1v) is 10.7. The molecule has 1 aliphatic heterocycles. The van der Waals surface area contributed by atoms with Crippen molar-refractivity contribution >= 4 is 29.1 Å². The summed E-state index contributed by atoms with van der Waals surface area (Å²) in [5, 5.41) is 3.62. The minimum absolute atomic E-state index is 0.0922. The topological polar surface area (TPSA) is 71.9 Å². The van der Waals surface area contributed by atoms with Crippen LogP contribution in [0.15, 0.2) is 54.9 Å². The molecule has 0 radical (unpaired) electrons. The van der Waals surface area contributed by atoms with Crippen LogP contribution in [0, 0.1) is 0 Å². The molecular formula is C23H26ClN5O3. The van der Waals surface area contributed by atoms with E-state index in [0.717, 1.165) is 37.8 Å². The minimum atomic E-state index is -0.0922. The lowest BCUT2D eigenvalue weighted by Gasteiger charge is -2.35. The van der Waals surface area contributed by atoms with E-state index in [1.807, 2.05) is 35.0 Å². The Morgan fingerprint density at radius 3 is 2.62 bits per heavy atom. The molecule has 1 fully saturated rings. The van der Waals surface area contributed by atoms with Crippen molar-refractivity contribution in [1.29, 1.82) is 0 Å². The average Bonchev–Trinajstić information content (AvgIpc) is 3.29. The molecule has 1 saturated heterocycles. The highest BCUT2D eigenvalue weighted by Gasteiger charge is 2.22. The van der Waals surface area contributed by atoms with Gasteiger partial charge in [0, 0.05) is 55.3 Å². The molecule has 0 unspecified atom stereocenters. The van der Waals surface area contributed by atoms with Gasteiger partial charge >= 0.3 is 0 Å². The molecule has 32 heavy (non-hydrogen) atoms. The van der Waals surface area contributed by atoms with Crippen molar-refractivity contribution in [3.05, 3.63) is 59.9 Å². The summed E-state index contributed by atoms with van der Waals surface area (Å²) in [5.41, 5.74) is 1.57. The number of hydrogen-bond acceptors (Lipinski definition) is 6. The standard InChI is InChI=1S/C23H26ClN5O3/c1-31-19-6-7-21(32-2)20(15-19)26-22(30)16-27-10-12-28(13-11-27)23-25-8-9-29(23)18-5-3-4-17(24)14-18/h3-9,14-15H,10-13,16H2,1-2H3,(H,26,30). The Labute approximate surface area is 192 Å². The van der Waals surface area contributed by atoms with Crippen LogP contribution in [0.25, 0.3) is 5.69 Å². The van der Waals surface area contributed by atoms with E-state index in [1.54, 1.807) is 38.6 Å². The second kappa shape index (κ2) is 9.93. The number of nitrogens with one attached hydrogen (secondary N) is 1. The van der Waals surface area contributed by atoms with Crippen LogP contribution >= 0.6 is 11.6 Å². The van der Waals surface area contributed by atoms with E-state index in [-0.39, 0.29) is 5.91 Å². The van der Waals surface area contributed by atoms with Gasteiger partial charge in [-0.3, -0.25) is 14.3 Å². The fourth-order valence-electron chi connectivity index (χ4n) is 3.77. The van der Waals surface area contributed by atoms with Gasteiger partial charge in [-0.25, -0.2) is 4.98 Å². The van der Waals surface area contributed by atoms with Gasteiger partial charge in [0.1, 0.15) is 11.5 Å². The third-order valence-corrected chi connectivity index (χ3v) is 5.65. The van der Waals surface area contributed by atoms with Crippen LogP contribution in [0.5, 0.6) is 11.5 Å². The lowest BCUT2D eigenvalue weighted by atomic mass is 10.2. The molecular weight excluding hydrogens is 430 g/mol. The predicted molar refractivity (Wildman–Crippen MR) is 125 cm³/mol. The molecule has 1 aliphatic rings. The first-order valence-electron chi connectivity index (χ1n) is 10.4. The van der Waals surface area contributed by atoms with Gasteiger partial charge in [-0.15, -0.1) is 0 Å². The average molecular weight is 456 g/mol. The molecule has 1 amide bonds. The maximum atomic E-state index is 12.6. The third-order valence-electron chi connectivity index (χ3n) is 5.41. The van der Waals surface area contributed by atoms with E-state index in [0.29, 0.717) is 28.8 Å². The predicted octanol–water partition coefficient (Wildman–Crippen LogP) is 3.30. The number of carbonyl (C=O) groups excluding carboxylic acids is 1. The van der Waals surface area contributed by atoms with Crippen LogP contribution in [-0.4, -0.2) is 67.3 Å². The lowest BCUT2D eigenvalue weighted by molar-refractivity contribution is -0.117.